The number of hydrogen-bond donors (Lipinski definition) is 1. The van der Waals surface area contributed by atoms with Crippen molar-refractivity contribution in [2.75, 3.05) is 13.9 Å². The molecule has 2 saturated carbocycles. The van der Waals surface area contributed by atoms with Crippen LogP contribution in [0.4, 0.5) is 0 Å². The molecule has 2 fully saturated rings. The molecule has 0 spiro atoms. The summed E-state index contributed by atoms with van der Waals surface area (Å²) in [5.74, 6) is 4.32. The van der Waals surface area contributed by atoms with Crippen LogP contribution < -0.4 is 14.2 Å². The molecule has 162 valence electrons. The fourth-order valence-corrected chi connectivity index (χ4v) is 6.90. The Labute approximate surface area is 183 Å². The summed E-state index contributed by atoms with van der Waals surface area (Å²) in [5, 5.41) is 11.4. The molecule has 31 heavy (non-hydrogen) atoms. The molecule has 0 amide bonds. The lowest BCUT2D eigenvalue weighted by atomic mass is 9.55. The summed E-state index contributed by atoms with van der Waals surface area (Å²) in [7, 11) is 1.74. The van der Waals surface area contributed by atoms with Gasteiger partial charge < -0.3 is 19.3 Å². The van der Waals surface area contributed by atoms with Crippen LogP contribution in [0.1, 0.15) is 55.2 Å². The highest BCUT2D eigenvalue weighted by atomic mass is 16.7. The van der Waals surface area contributed by atoms with Gasteiger partial charge in [-0.05, 0) is 96.4 Å². The molecule has 2 aromatic rings. The van der Waals surface area contributed by atoms with E-state index in [1.165, 1.54) is 23.1 Å². The predicted octanol–water partition coefficient (Wildman–Crippen LogP) is 5.33. The molecular weight excluding hydrogens is 388 g/mol. The van der Waals surface area contributed by atoms with Crippen molar-refractivity contribution in [3.63, 3.8) is 0 Å². The van der Waals surface area contributed by atoms with Crippen LogP contribution in [0.25, 0.3) is 6.08 Å². The number of ether oxygens (including phenoxy) is 3. The van der Waals surface area contributed by atoms with E-state index >= 15 is 0 Å². The first kappa shape index (κ1) is 19.2. The van der Waals surface area contributed by atoms with Crippen LogP contribution >= 0.6 is 0 Å². The maximum absolute atomic E-state index is 11.4. The number of aryl methyl sites for hydroxylation is 1. The molecule has 6 rings (SSSR count). The van der Waals surface area contributed by atoms with Gasteiger partial charge in [-0.1, -0.05) is 25.1 Å². The van der Waals surface area contributed by atoms with E-state index in [9.17, 15) is 5.11 Å². The van der Waals surface area contributed by atoms with Crippen molar-refractivity contribution < 1.29 is 19.3 Å². The summed E-state index contributed by atoms with van der Waals surface area (Å²) < 4.78 is 16.4. The lowest BCUT2D eigenvalue weighted by molar-refractivity contribution is -0.0158. The highest BCUT2D eigenvalue weighted by Crippen LogP contribution is 2.62. The highest BCUT2D eigenvalue weighted by molar-refractivity contribution is 5.60. The van der Waals surface area contributed by atoms with Crippen molar-refractivity contribution >= 4 is 6.08 Å². The molecule has 4 aliphatic rings. The zero-order chi connectivity index (χ0) is 21.2. The molecule has 3 aliphatic carbocycles. The number of fused-ring (bicyclic) bond motifs is 6. The van der Waals surface area contributed by atoms with Crippen LogP contribution in [-0.2, 0) is 6.42 Å². The standard InChI is InChI=1S/C27H30O4/c1-27-10-9-21-20-7-5-19(29-2)13-17(20)4-6-22(21)23(27)14-18(26(27)28)11-16-3-8-24-25(12-16)31-15-30-24/h3,5,7-8,11-13,21-23,26,28H,4,6,9-10,14-15H2,1-2H3/b18-11+/t21-,22-,23-,26+,27+/m1/s1. The average molecular weight is 419 g/mol. The quantitative estimate of drug-likeness (QED) is 0.716. The van der Waals surface area contributed by atoms with Crippen molar-refractivity contribution in [3.05, 3.63) is 58.7 Å². The van der Waals surface area contributed by atoms with Gasteiger partial charge in [0.25, 0.3) is 0 Å². The van der Waals surface area contributed by atoms with Gasteiger partial charge in [0.2, 0.25) is 6.79 Å². The number of rotatable bonds is 2. The van der Waals surface area contributed by atoms with Gasteiger partial charge >= 0.3 is 0 Å². The van der Waals surface area contributed by atoms with Gasteiger partial charge in [-0.25, -0.2) is 0 Å². The molecule has 0 unspecified atom stereocenters. The maximum atomic E-state index is 11.4. The average Bonchev–Trinajstić information content (AvgIpc) is 3.36. The molecule has 0 aromatic heterocycles. The Balaban J connectivity index is 1.31. The minimum Gasteiger partial charge on any atom is -0.497 e. The molecule has 0 bridgehead atoms. The summed E-state index contributed by atoms with van der Waals surface area (Å²) in [4.78, 5) is 0. The first-order valence-electron chi connectivity index (χ1n) is 11.5. The van der Waals surface area contributed by atoms with Crippen LogP contribution in [0, 0.1) is 17.3 Å². The van der Waals surface area contributed by atoms with E-state index in [2.05, 4.69) is 37.3 Å². The molecule has 2 aromatic carbocycles. The second-order valence-corrected chi connectivity index (χ2v) is 9.96. The normalized spacial score (nSPS) is 34.2. The maximum Gasteiger partial charge on any atom is 0.231 e. The van der Waals surface area contributed by atoms with Crippen LogP contribution in [0.2, 0.25) is 0 Å². The minimum absolute atomic E-state index is 0.0344. The van der Waals surface area contributed by atoms with Gasteiger partial charge in [0.15, 0.2) is 11.5 Å². The van der Waals surface area contributed by atoms with E-state index < -0.39 is 0 Å². The number of aliphatic hydroxyl groups excluding tert-OH is 1. The molecule has 1 heterocycles. The van der Waals surface area contributed by atoms with E-state index in [-0.39, 0.29) is 18.3 Å². The molecule has 4 heteroatoms. The zero-order valence-corrected chi connectivity index (χ0v) is 18.3. The third-order valence-corrected chi connectivity index (χ3v) is 8.55. The topological polar surface area (TPSA) is 47.9 Å². The fourth-order valence-electron chi connectivity index (χ4n) is 6.90. The van der Waals surface area contributed by atoms with Crippen molar-refractivity contribution in [2.24, 2.45) is 17.3 Å². The first-order chi connectivity index (χ1) is 15.1. The molecule has 4 nitrogen and oxygen atoms in total. The minimum atomic E-state index is -0.374. The van der Waals surface area contributed by atoms with Crippen LogP contribution in [0.3, 0.4) is 0 Å². The Morgan fingerprint density at radius 1 is 1.10 bits per heavy atom. The first-order valence-corrected chi connectivity index (χ1v) is 11.5. The highest BCUT2D eigenvalue weighted by Gasteiger charge is 2.56. The number of benzene rings is 2. The van der Waals surface area contributed by atoms with E-state index in [0.717, 1.165) is 48.5 Å². The van der Waals surface area contributed by atoms with Crippen molar-refractivity contribution in [1.29, 1.82) is 0 Å². The van der Waals surface area contributed by atoms with Crippen molar-refractivity contribution in [1.82, 2.24) is 0 Å². The van der Waals surface area contributed by atoms with Gasteiger partial charge in [-0.3, -0.25) is 0 Å². The Bertz CT molecular complexity index is 1060. The molecule has 1 N–H and O–H groups in total. The monoisotopic (exact) mass is 418 g/mol. The molecule has 1 aliphatic heterocycles. The number of aliphatic hydroxyl groups is 1. The lowest BCUT2D eigenvalue weighted by Gasteiger charge is -2.49. The van der Waals surface area contributed by atoms with Gasteiger partial charge in [-0.15, -0.1) is 0 Å². The van der Waals surface area contributed by atoms with E-state index in [1.807, 2.05) is 12.1 Å². The molecule has 0 saturated heterocycles. The Morgan fingerprint density at radius 3 is 2.84 bits per heavy atom. The second-order valence-electron chi connectivity index (χ2n) is 9.96. The van der Waals surface area contributed by atoms with Gasteiger partial charge in [0.05, 0.1) is 13.2 Å². The Hall–Kier alpha value is -2.46. The zero-order valence-electron chi connectivity index (χ0n) is 18.3. The van der Waals surface area contributed by atoms with Crippen molar-refractivity contribution in [3.8, 4) is 17.2 Å². The Morgan fingerprint density at radius 2 is 1.97 bits per heavy atom. The van der Waals surface area contributed by atoms with Crippen LogP contribution in [0.15, 0.2) is 42.0 Å². The van der Waals surface area contributed by atoms with Crippen LogP contribution in [-0.4, -0.2) is 25.1 Å². The lowest BCUT2D eigenvalue weighted by Crippen LogP contribution is -2.44. The van der Waals surface area contributed by atoms with E-state index in [1.54, 1.807) is 7.11 Å². The summed E-state index contributed by atoms with van der Waals surface area (Å²) in [5.41, 5.74) is 5.19. The van der Waals surface area contributed by atoms with Crippen LogP contribution in [0.5, 0.6) is 17.2 Å². The largest absolute Gasteiger partial charge is 0.497 e. The second kappa shape index (κ2) is 7.03. The smallest absolute Gasteiger partial charge is 0.231 e. The fraction of sp³-hybridized carbons (Fsp3) is 0.481. The summed E-state index contributed by atoms with van der Waals surface area (Å²) in [6.45, 7) is 2.61. The molecule has 0 radical (unpaired) electrons. The summed E-state index contributed by atoms with van der Waals surface area (Å²) in [6, 6.07) is 12.7. The summed E-state index contributed by atoms with van der Waals surface area (Å²) in [6.07, 6.45) is 7.34. The van der Waals surface area contributed by atoms with Gasteiger partial charge in [0, 0.05) is 5.41 Å². The molecular formula is C27H30O4. The predicted molar refractivity (Wildman–Crippen MR) is 120 cm³/mol. The van der Waals surface area contributed by atoms with E-state index in [0.29, 0.717) is 17.8 Å². The van der Waals surface area contributed by atoms with Crippen molar-refractivity contribution in [2.45, 2.75) is 51.0 Å². The van der Waals surface area contributed by atoms with Gasteiger partial charge in [-0.2, -0.15) is 0 Å². The van der Waals surface area contributed by atoms with Gasteiger partial charge in [0.1, 0.15) is 5.75 Å². The molecule has 5 atom stereocenters. The van der Waals surface area contributed by atoms with E-state index in [4.69, 9.17) is 14.2 Å². The third-order valence-electron chi connectivity index (χ3n) is 8.55. The number of hydrogen-bond acceptors (Lipinski definition) is 4. The summed E-state index contributed by atoms with van der Waals surface area (Å²) >= 11 is 0. The number of methoxy groups -OCH3 is 1. The SMILES string of the molecule is COc1ccc2c(c1)CC[C@@H]1[C@@H]2CC[C@@]2(C)[C@@H]1C/C(=C\c1ccc3c(c1)OCO3)[C@@H]2O. The third kappa shape index (κ3) is 2.91. The Kier molecular flexibility index (Phi) is 4.36.